The van der Waals surface area contributed by atoms with Crippen LogP contribution in [0.2, 0.25) is 0 Å². The van der Waals surface area contributed by atoms with Gasteiger partial charge in [0, 0.05) is 28.9 Å². The Morgan fingerprint density at radius 2 is 2.24 bits per heavy atom. The van der Waals surface area contributed by atoms with E-state index in [1.54, 1.807) is 12.3 Å². The number of aryl methyl sites for hydroxylation is 1. The highest BCUT2D eigenvalue weighted by Gasteiger charge is 2.07. The Hall–Kier alpha value is -1.34. The van der Waals surface area contributed by atoms with Crippen molar-refractivity contribution in [2.45, 2.75) is 25.5 Å². The Morgan fingerprint density at radius 3 is 2.82 bits per heavy atom. The highest BCUT2D eigenvalue weighted by molar-refractivity contribution is 7.84. The average molecular weight is 250 g/mol. The molecule has 1 aromatic carbocycles. The quantitative estimate of drug-likeness (QED) is 0.873. The molecular formula is C13H18N2OS. The maximum absolute atomic E-state index is 11.2. The second-order valence-electron chi connectivity index (χ2n) is 4.13. The molecule has 1 aromatic rings. The van der Waals surface area contributed by atoms with Crippen LogP contribution in [-0.2, 0) is 10.8 Å². The van der Waals surface area contributed by atoms with Gasteiger partial charge in [-0.2, -0.15) is 5.26 Å². The molecule has 2 unspecified atom stereocenters. The Morgan fingerprint density at radius 1 is 1.53 bits per heavy atom. The summed E-state index contributed by atoms with van der Waals surface area (Å²) in [6.07, 6.45) is 2.56. The van der Waals surface area contributed by atoms with Crippen molar-refractivity contribution >= 4 is 16.5 Å². The number of nitrogens with one attached hydrogen (secondary N) is 1. The predicted molar refractivity (Wildman–Crippen MR) is 72.5 cm³/mol. The highest BCUT2D eigenvalue weighted by Crippen LogP contribution is 2.19. The molecule has 0 amide bonds. The molecule has 0 aromatic heterocycles. The Balaban J connectivity index is 2.64. The average Bonchev–Trinajstić information content (AvgIpc) is 2.30. The molecule has 1 rings (SSSR count). The number of anilines is 1. The molecule has 4 heteroatoms. The third-order valence-corrected chi connectivity index (χ3v) is 4.18. The molecular weight excluding hydrogens is 232 g/mol. The second kappa shape index (κ2) is 6.41. The number of nitrogens with zero attached hydrogens (tertiary/aromatic N) is 1. The van der Waals surface area contributed by atoms with Crippen molar-refractivity contribution in [3.8, 4) is 6.07 Å². The van der Waals surface area contributed by atoms with E-state index in [0.717, 1.165) is 24.2 Å². The van der Waals surface area contributed by atoms with Crippen LogP contribution >= 0.6 is 0 Å². The minimum absolute atomic E-state index is 0.178. The first kappa shape index (κ1) is 13.7. The molecule has 17 heavy (non-hydrogen) atoms. The number of benzene rings is 1. The van der Waals surface area contributed by atoms with Gasteiger partial charge in [0.15, 0.2) is 0 Å². The summed E-state index contributed by atoms with van der Waals surface area (Å²) in [5.74, 6) is 0. The zero-order chi connectivity index (χ0) is 12.8. The number of rotatable bonds is 5. The summed E-state index contributed by atoms with van der Waals surface area (Å²) >= 11 is 0. The van der Waals surface area contributed by atoms with Gasteiger partial charge >= 0.3 is 0 Å². The molecule has 3 nitrogen and oxygen atoms in total. The maximum atomic E-state index is 11.2. The van der Waals surface area contributed by atoms with Gasteiger partial charge in [-0.25, -0.2) is 0 Å². The SMILES string of the molecule is Cc1cccc(C#N)c1NCCC(C)S(C)=O. The van der Waals surface area contributed by atoms with E-state index in [1.165, 1.54) is 0 Å². The van der Waals surface area contributed by atoms with E-state index in [1.807, 2.05) is 26.0 Å². The van der Waals surface area contributed by atoms with Crippen LogP contribution in [-0.4, -0.2) is 22.3 Å². The molecule has 0 aliphatic heterocycles. The second-order valence-corrected chi connectivity index (χ2v) is 5.94. The predicted octanol–water partition coefficient (Wildman–Crippen LogP) is 2.44. The van der Waals surface area contributed by atoms with Crippen molar-refractivity contribution in [3.05, 3.63) is 29.3 Å². The smallest absolute Gasteiger partial charge is 0.101 e. The first-order valence-electron chi connectivity index (χ1n) is 5.62. The molecule has 0 aliphatic carbocycles. The molecule has 0 saturated carbocycles. The third-order valence-electron chi connectivity index (χ3n) is 2.81. The van der Waals surface area contributed by atoms with Gasteiger partial charge in [-0.1, -0.05) is 19.1 Å². The van der Waals surface area contributed by atoms with Crippen molar-refractivity contribution < 1.29 is 4.21 Å². The first-order chi connectivity index (χ1) is 8.06. The van der Waals surface area contributed by atoms with Crippen molar-refractivity contribution in [2.75, 3.05) is 18.1 Å². The fraction of sp³-hybridized carbons (Fsp3) is 0.462. The van der Waals surface area contributed by atoms with Crippen molar-refractivity contribution in [2.24, 2.45) is 0 Å². The van der Waals surface area contributed by atoms with Gasteiger partial charge in [0.25, 0.3) is 0 Å². The number of hydrogen-bond acceptors (Lipinski definition) is 3. The van der Waals surface area contributed by atoms with Crippen LogP contribution in [0.1, 0.15) is 24.5 Å². The van der Waals surface area contributed by atoms with Crippen LogP contribution in [0, 0.1) is 18.3 Å². The van der Waals surface area contributed by atoms with Crippen LogP contribution in [0.4, 0.5) is 5.69 Å². The minimum atomic E-state index is -0.786. The van der Waals surface area contributed by atoms with Crippen LogP contribution in [0.3, 0.4) is 0 Å². The number of hydrogen-bond donors (Lipinski definition) is 1. The van der Waals surface area contributed by atoms with Crippen LogP contribution < -0.4 is 5.32 Å². The molecule has 2 atom stereocenters. The van der Waals surface area contributed by atoms with Crippen molar-refractivity contribution in [3.63, 3.8) is 0 Å². The molecule has 1 N–H and O–H groups in total. The lowest BCUT2D eigenvalue weighted by molar-refractivity contribution is 0.672. The van der Waals surface area contributed by atoms with E-state index >= 15 is 0 Å². The lowest BCUT2D eigenvalue weighted by atomic mass is 10.1. The van der Waals surface area contributed by atoms with Crippen LogP contribution in [0.5, 0.6) is 0 Å². The summed E-state index contributed by atoms with van der Waals surface area (Å²) in [5, 5.41) is 12.4. The first-order valence-corrected chi connectivity index (χ1v) is 7.24. The zero-order valence-corrected chi connectivity index (χ0v) is 11.3. The lowest BCUT2D eigenvalue weighted by Gasteiger charge is -2.13. The van der Waals surface area contributed by atoms with Crippen LogP contribution in [0.15, 0.2) is 18.2 Å². The summed E-state index contributed by atoms with van der Waals surface area (Å²) in [4.78, 5) is 0. The van der Waals surface area contributed by atoms with Gasteiger partial charge in [-0.05, 0) is 25.0 Å². The van der Waals surface area contributed by atoms with E-state index < -0.39 is 10.8 Å². The molecule has 92 valence electrons. The van der Waals surface area contributed by atoms with Gasteiger partial charge in [0.05, 0.1) is 11.3 Å². The molecule has 0 fully saturated rings. The highest BCUT2D eigenvalue weighted by atomic mass is 32.2. The zero-order valence-electron chi connectivity index (χ0n) is 10.5. The number of para-hydroxylation sites is 1. The molecule has 0 saturated heterocycles. The summed E-state index contributed by atoms with van der Waals surface area (Å²) in [6.45, 7) is 4.69. The minimum Gasteiger partial charge on any atom is -0.384 e. The van der Waals surface area contributed by atoms with Gasteiger partial charge < -0.3 is 5.32 Å². The number of nitriles is 1. The summed E-state index contributed by atoms with van der Waals surface area (Å²) in [5.41, 5.74) is 2.62. The normalized spacial score (nSPS) is 13.8. The van der Waals surface area contributed by atoms with Gasteiger partial charge in [0.2, 0.25) is 0 Å². The summed E-state index contributed by atoms with van der Waals surface area (Å²) < 4.78 is 11.2. The van der Waals surface area contributed by atoms with Crippen molar-refractivity contribution in [1.29, 1.82) is 5.26 Å². The monoisotopic (exact) mass is 250 g/mol. The van der Waals surface area contributed by atoms with Gasteiger partial charge in [-0.15, -0.1) is 0 Å². The maximum Gasteiger partial charge on any atom is 0.101 e. The summed E-state index contributed by atoms with van der Waals surface area (Å²) in [7, 11) is -0.786. The Labute approximate surface area is 105 Å². The largest absolute Gasteiger partial charge is 0.384 e. The van der Waals surface area contributed by atoms with E-state index in [-0.39, 0.29) is 5.25 Å². The molecule has 0 radical (unpaired) electrons. The summed E-state index contributed by atoms with van der Waals surface area (Å²) in [6, 6.07) is 7.83. The van der Waals surface area contributed by atoms with Gasteiger partial charge in [-0.3, -0.25) is 4.21 Å². The third kappa shape index (κ3) is 3.86. The fourth-order valence-corrected chi connectivity index (χ4v) is 2.01. The fourth-order valence-electron chi connectivity index (χ4n) is 1.56. The molecule has 0 spiro atoms. The molecule has 0 aliphatic rings. The van der Waals surface area contributed by atoms with Gasteiger partial charge in [0.1, 0.15) is 6.07 Å². The lowest BCUT2D eigenvalue weighted by Crippen LogP contribution is -2.15. The Bertz CT molecular complexity index is 451. The molecule has 0 heterocycles. The van der Waals surface area contributed by atoms with E-state index in [4.69, 9.17) is 5.26 Å². The topological polar surface area (TPSA) is 52.9 Å². The van der Waals surface area contributed by atoms with Crippen LogP contribution in [0.25, 0.3) is 0 Å². The van der Waals surface area contributed by atoms with E-state index in [9.17, 15) is 4.21 Å². The standard InChI is InChI=1S/C13H18N2OS/c1-10-5-4-6-12(9-14)13(10)15-8-7-11(2)17(3)16/h4-6,11,15H,7-8H2,1-3H3. The van der Waals surface area contributed by atoms with E-state index in [2.05, 4.69) is 11.4 Å². The van der Waals surface area contributed by atoms with Crippen molar-refractivity contribution in [1.82, 2.24) is 0 Å². The van der Waals surface area contributed by atoms with E-state index in [0.29, 0.717) is 5.56 Å². The Kier molecular flexibility index (Phi) is 5.17. The molecule has 0 bridgehead atoms.